The molecule has 100 valence electrons. The molecule has 0 bridgehead atoms. The lowest BCUT2D eigenvalue weighted by Crippen LogP contribution is -2.50. The normalized spacial score (nSPS) is 24.3. The predicted molar refractivity (Wildman–Crippen MR) is 65.6 cm³/mol. The number of ether oxygens (including phenoxy) is 2. The summed E-state index contributed by atoms with van der Waals surface area (Å²) in [7, 11) is 1.63. The Morgan fingerprint density at radius 3 is 2.94 bits per heavy atom. The minimum Gasteiger partial charge on any atom is -0.459 e. The van der Waals surface area contributed by atoms with E-state index < -0.39 is 0 Å². The van der Waals surface area contributed by atoms with Gasteiger partial charge in [0.05, 0.1) is 25.1 Å². The van der Waals surface area contributed by atoms with Gasteiger partial charge in [-0.05, 0) is 19.9 Å². The van der Waals surface area contributed by atoms with Crippen molar-refractivity contribution in [1.82, 2.24) is 4.90 Å². The Kier molecular flexibility index (Phi) is 4.04. The molecule has 1 amide bonds. The van der Waals surface area contributed by atoms with E-state index in [2.05, 4.69) is 0 Å². The summed E-state index contributed by atoms with van der Waals surface area (Å²) >= 11 is 0. The molecule has 1 aromatic heterocycles. The van der Waals surface area contributed by atoms with Crippen LogP contribution in [0.3, 0.4) is 0 Å². The molecule has 0 spiro atoms. The molecule has 5 nitrogen and oxygen atoms in total. The lowest BCUT2D eigenvalue weighted by atomic mass is 10.2. The summed E-state index contributed by atoms with van der Waals surface area (Å²) in [6.45, 7) is 5.44. The van der Waals surface area contributed by atoms with Gasteiger partial charge >= 0.3 is 0 Å². The fourth-order valence-corrected chi connectivity index (χ4v) is 2.22. The Bertz CT molecular complexity index is 415. The molecule has 2 unspecified atom stereocenters. The zero-order chi connectivity index (χ0) is 13.1. The molecule has 1 saturated heterocycles. The standard InChI is InChI=1S/C13H19NO4/c1-9-4-5-17-12(9)13(15)14-6-10(2)18-11(7-14)8-16-3/h4-5,10-11H,6-8H2,1-3H3. The topological polar surface area (TPSA) is 51.9 Å². The van der Waals surface area contributed by atoms with Crippen molar-refractivity contribution >= 4 is 5.91 Å². The van der Waals surface area contributed by atoms with Gasteiger partial charge in [0.2, 0.25) is 0 Å². The third kappa shape index (κ3) is 2.73. The maximum Gasteiger partial charge on any atom is 0.290 e. The van der Waals surface area contributed by atoms with E-state index in [4.69, 9.17) is 13.9 Å². The van der Waals surface area contributed by atoms with Gasteiger partial charge in [-0.1, -0.05) is 0 Å². The van der Waals surface area contributed by atoms with E-state index in [0.29, 0.717) is 25.5 Å². The predicted octanol–water partition coefficient (Wildman–Crippen LogP) is 1.46. The number of hydrogen-bond donors (Lipinski definition) is 0. The highest BCUT2D eigenvalue weighted by atomic mass is 16.5. The molecule has 0 aliphatic carbocycles. The number of hydrogen-bond acceptors (Lipinski definition) is 4. The monoisotopic (exact) mass is 253 g/mol. The van der Waals surface area contributed by atoms with Gasteiger partial charge < -0.3 is 18.8 Å². The summed E-state index contributed by atoms with van der Waals surface area (Å²) in [6.07, 6.45) is 1.48. The van der Waals surface area contributed by atoms with Crippen LogP contribution >= 0.6 is 0 Å². The number of methoxy groups -OCH3 is 1. The highest BCUT2D eigenvalue weighted by Crippen LogP contribution is 2.17. The summed E-state index contributed by atoms with van der Waals surface area (Å²) in [6, 6.07) is 1.80. The van der Waals surface area contributed by atoms with Crippen LogP contribution in [0.15, 0.2) is 16.7 Å². The Hall–Kier alpha value is -1.33. The zero-order valence-electron chi connectivity index (χ0n) is 11.0. The molecular weight excluding hydrogens is 234 g/mol. The summed E-state index contributed by atoms with van der Waals surface area (Å²) < 4.78 is 16.0. The van der Waals surface area contributed by atoms with Gasteiger partial charge in [-0.25, -0.2) is 0 Å². The van der Waals surface area contributed by atoms with Crippen LogP contribution in [-0.4, -0.2) is 49.8 Å². The first-order valence-corrected chi connectivity index (χ1v) is 6.09. The second-order valence-corrected chi connectivity index (χ2v) is 4.67. The van der Waals surface area contributed by atoms with Crippen molar-refractivity contribution in [3.63, 3.8) is 0 Å². The van der Waals surface area contributed by atoms with Crippen molar-refractivity contribution in [2.45, 2.75) is 26.1 Å². The molecule has 1 aliphatic heterocycles. The third-order valence-corrected chi connectivity index (χ3v) is 3.02. The second kappa shape index (κ2) is 5.54. The van der Waals surface area contributed by atoms with E-state index in [-0.39, 0.29) is 18.1 Å². The first kappa shape index (κ1) is 13.1. The lowest BCUT2D eigenvalue weighted by molar-refractivity contribution is -0.0922. The minimum atomic E-state index is -0.0752. The molecule has 0 aromatic carbocycles. The van der Waals surface area contributed by atoms with E-state index in [9.17, 15) is 4.79 Å². The maximum absolute atomic E-state index is 12.3. The first-order chi connectivity index (χ1) is 8.61. The minimum absolute atomic E-state index is 0.0121. The third-order valence-electron chi connectivity index (χ3n) is 3.02. The van der Waals surface area contributed by atoms with E-state index in [1.54, 1.807) is 24.3 Å². The maximum atomic E-state index is 12.3. The van der Waals surface area contributed by atoms with Crippen molar-refractivity contribution in [1.29, 1.82) is 0 Å². The van der Waals surface area contributed by atoms with Gasteiger partial charge in [0.25, 0.3) is 5.91 Å². The van der Waals surface area contributed by atoms with Crippen molar-refractivity contribution in [2.24, 2.45) is 0 Å². The smallest absolute Gasteiger partial charge is 0.290 e. The van der Waals surface area contributed by atoms with Crippen LogP contribution in [-0.2, 0) is 9.47 Å². The number of furan rings is 1. The van der Waals surface area contributed by atoms with Gasteiger partial charge in [-0.15, -0.1) is 0 Å². The molecule has 1 fully saturated rings. The Balaban J connectivity index is 2.08. The first-order valence-electron chi connectivity index (χ1n) is 6.09. The Morgan fingerprint density at radius 1 is 1.56 bits per heavy atom. The highest BCUT2D eigenvalue weighted by molar-refractivity contribution is 5.92. The number of carbonyl (C=O) groups is 1. The summed E-state index contributed by atoms with van der Waals surface area (Å²) in [4.78, 5) is 14.1. The largest absolute Gasteiger partial charge is 0.459 e. The van der Waals surface area contributed by atoms with E-state index in [1.807, 2.05) is 13.8 Å². The number of nitrogens with zero attached hydrogens (tertiary/aromatic N) is 1. The molecule has 2 heterocycles. The van der Waals surface area contributed by atoms with E-state index in [1.165, 1.54) is 0 Å². The number of aryl methyl sites for hydroxylation is 1. The van der Waals surface area contributed by atoms with Crippen LogP contribution in [0.2, 0.25) is 0 Å². The van der Waals surface area contributed by atoms with E-state index >= 15 is 0 Å². The average Bonchev–Trinajstić information content (AvgIpc) is 2.74. The molecule has 1 aromatic rings. The molecule has 0 N–H and O–H groups in total. The van der Waals surface area contributed by atoms with Gasteiger partial charge in [-0.3, -0.25) is 4.79 Å². The number of amides is 1. The summed E-state index contributed by atoms with van der Waals surface area (Å²) in [5.41, 5.74) is 0.863. The van der Waals surface area contributed by atoms with Gasteiger partial charge in [0.1, 0.15) is 0 Å². The SMILES string of the molecule is COCC1CN(C(=O)c2occc2C)CC(C)O1. The second-order valence-electron chi connectivity index (χ2n) is 4.67. The van der Waals surface area contributed by atoms with Crippen molar-refractivity contribution in [3.05, 3.63) is 23.7 Å². The van der Waals surface area contributed by atoms with Crippen molar-refractivity contribution in [3.8, 4) is 0 Å². The number of rotatable bonds is 3. The quantitative estimate of drug-likeness (QED) is 0.818. The molecule has 1 aliphatic rings. The van der Waals surface area contributed by atoms with Crippen molar-refractivity contribution in [2.75, 3.05) is 26.8 Å². The van der Waals surface area contributed by atoms with Crippen molar-refractivity contribution < 1.29 is 18.7 Å². The van der Waals surface area contributed by atoms with Gasteiger partial charge in [-0.2, -0.15) is 0 Å². The van der Waals surface area contributed by atoms with Gasteiger partial charge in [0, 0.05) is 25.8 Å². The number of morpholine rings is 1. The summed E-state index contributed by atoms with van der Waals surface area (Å²) in [5.74, 6) is 0.342. The van der Waals surface area contributed by atoms with E-state index in [0.717, 1.165) is 5.56 Å². The Labute approximate surface area is 107 Å². The van der Waals surface area contributed by atoms with Crippen LogP contribution in [0.1, 0.15) is 23.0 Å². The number of carbonyl (C=O) groups excluding carboxylic acids is 1. The fourth-order valence-electron chi connectivity index (χ4n) is 2.22. The van der Waals surface area contributed by atoms with Crippen LogP contribution in [0, 0.1) is 6.92 Å². The van der Waals surface area contributed by atoms with Crippen LogP contribution in [0.4, 0.5) is 0 Å². The van der Waals surface area contributed by atoms with Crippen LogP contribution in [0.25, 0.3) is 0 Å². The molecule has 2 rings (SSSR count). The molecule has 5 heteroatoms. The molecule has 2 atom stereocenters. The fraction of sp³-hybridized carbons (Fsp3) is 0.615. The highest BCUT2D eigenvalue weighted by Gasteiger charge is 2.30. The van der Waals surface area contributed by atoms with Crippen LogP contribution in [0.5, 0.6) is 0 Å². The zero-order valence-corrected chi connectivity index (χ0v) is 11.0. The Morgan fingerprint density at radius 2 is 2.33 bits per heavy atom. The van der Waals surface area contributed by atoms with Crippen LogP contribution < -0.4 is 0 Å². The van der Waals surface area contributed by atoms with Gasteiger partial charge in [0.15, 0.2) is 5.76 Å². The molecule has 18 heavy (non-hydrogen) atoms. The molecule has 0 radical (unpaired) electrons. The molecule has 0 saturated carbocycles. The summed E-state index contributed by atoms with van der Waals surface area (Å²) in [5, 5.41) is 0. The average molecular weight is 253 g/mol. The lowest BCUT2D eigenvalue weighted by Gasteiger charge is -2.36. The molecular formula is C13H19NO4.